The van der Waals surface area contributed by atoms with Gasteiger partial charge in [0.25, 0.3) is 0 Å². The largest absolute Gasteiger partial charge is 0.491 e. The van der Waals surface area contributed by atoms with Crippen molar-refractivity contribution < 1.29 is 14.3 Å². The molecule has 0 saturated heterocycles. The molecule has 0 spiro atoms. The first-order valence-electron chi connectivity index (χ1n) is 8.64. The number of nitriles is 1. The zero-order valence-electron chi connectivity index (χ0n) is 15.2. The molecule has 134 valence electrons. The molecular weight excluding hydrogens is 338 g/mol. The van der Waals surface area contributed by atoms with Crippen molar-refractivity contribution in [1.82, 2.24) is 0 Å². The molecule has 0 fully saturated rings. The van der Waals surface area contributed by atoms with Gasteiger partial charge in [0, 0.05) is 0 Å². The van der Waals surface area contributed by atoms with Crippen LogP contribution in [0.5, 0.6) is 11.5 Å². The molecule has 0 unspecified atom stereocenters. The van der Waals surface area contributed by atoms with E-state index in [1.165, 1.54) is 0 Å². The maximum absolute atomic E-state index is 12.3. The van der Waals surface area contributed by atoms with Gasteiger partial charge in [0.15, 0.2) is 0 Å². The molecule has 3 rings (SSSR count). The van der Waals surface area contributed by atoms with Crippen molar-refractivity contribution in [3.63, 3.8) is 0 Å². The van der Waals surface area contributed by atoms with E-state index in [0.717, 1.165) is 16.9 Å². The summed E-state index contributed by atoms with van der Waals surface area (Å²) in [5.41, 5.74) is 3.03. The van der Waals surface area contributed by atoms with Gasteiger partial charge < -0.3 is 9.47 Å². The molecule has 0 aromatic heterocycles. The van der Waals surface area contributed by atoms with Gasteiger partial charge in [-0.15, -0.1) is 0 Å². The highest BCUT2D eigenvalue weighted by atomic mass is 16.5. The maximum Gasteiger partial charge on any atom is 0.343 e. The molecule has 0 saturated carbocycles. The van der Waals surface area contributed by atoms with Gasteiger partial charge in [0.05, 0.1) is 23.3 Å². The summed E-state index contributed by atoms with van der Waals surface area (Å²) in [6.07, 6.45) is 0.0908. The predicted octanol–water partition coefficient (Wildman–Crippen LogP) is 5.23. The van der Waals surface area contributed by atoms with Crippen LogP contribution in [0.25, 0.3) is 11.1 Å². The summed E-state index contributed by atoms with van der Waals surface area (Å²) in [7, 11) is 0. The second-order valence-electron chi connectivity index (χ2n) is 6.29. The Labute approximate surface area is 158 Å². The Bertz CT molecular complexity index is 951. The fourth-order valence-corrected chi connectivity index (χ4v) is 2.56. The van der Waals surface area contributed by atoms with E-state index in [4.69, 9.17) is 14.7 Å². The van der Waals surface area contributed by atoms with E-state index in [1.807, 2.05) is 38.1 Å². The molecule has 0 atom stereocenters. The molecule has 0 bridgehead atoms. The zero-order chi connectivity index (χ0) is 19.2. The molecule has 0 N–H and O–H groups in total. The average Bonchev–Trinajstić information content (AvgIpc) is 2.69. The van der Waals surface area contributed by atoms with Gasteiger partial charge >= 0.3 is 5.97 Å². The van der Waals surface area contributed by atoms with Crippen molar-refractivity contribution in [1.29, 1.82) is 5.26 Å². The summed E-state index contributed by atoms with van der Waals surface area (Å²) in [6.45, 7) is 3.91. The Morgan fingerprint density at radius 1 is 0.815 bits per heavy atom. The molecule has 0 aliphatic carbocycles. The number of hydrogen-bond acceptors (Lipinski definition) is 4. The Hall–Kier alpha value is -3.58. The van der Waals surface area contributed by atoms with E-state index in [9.17, 15) is 4.79 Å². The van der Waals surface area contributed by atoms with Crippen LogP contribution >= 0.6 is 0 Å². The van der Waals surface area contributed by atoms with Crippen molar-refractivity contribution in [3.8, 4) is 28.7 Å². The molecule has 0 aliphatic rings. The minimum atomic E-state index is -0.418. The summed E-state index contributed by atoms with van der Waals surface area (Å²) in [6, 6.07) is 23.5. The van der Waals surface area contributed by atoms with Gasteiger partial charge in [-0.05, 0) is 73.5 Å². The third kappa shape index (κ3) is 4.74. The maximum atomic E-state index is 12.3. The lowest BCUT2D eigenvalue weighted by molar-refractivity contribution is 0.0734. The van der Waals surface area contributed by atoms with Crippen molar-refractivity contribution in [2.75, 3.05) is 0 Å². The van der Waals surface area contributed by atoms with Gasteiger partial charge in [-0.2, -0.15) is 5.26 Å². The molecule has 27 heavy (non-hydrogen) atoms. The van der Waals surface area contributed by atoms with E-state index < -0.39 is 5.97 Å². The SMILES string of the molecule is CC(C)Oc1ccc(OC(=O)c2ccc(-c3ccc(C#N)cc3)cc2)cc1. The number of hydrogen-bond donors (Lipinski definition) is 0. The van der Waals surface area contributed by atoms with E-state index in [-0.39, 0.29) is 6.10 Å². The lowest BCUT2D eigenvalue weighted by Gasteiger charge is -2.10. The molecule has 0 aliphatic heterocycles. The average molecular weight is 357 g/mol. The third-order valence-corrected chi connectivity index (χ3v) is 3.87. The van der Waals surface area contributed by atoms with Crippen molar-refractivity contribution in [3.05, 3.63) is 83.9 Å². The lowest BCUT2D eigenvalue weighted by atomic mass is 10.0. The van der Waals surface area contributed by atoms with Crippen LogP contribution in [0.4, 0.5) is 0 Å². The van der Waals surface area contributed by atoms with Crippen LogP contribution in [-0.4, -0.2) is 12.1 Å². The lowest BCUT2D eigenvalue weighted by Crippen LogP contribution is -2.08. The summed E-state index contributed by atoms with van der Waals surface area (Å²) in [5.74, 6) is 0.780. The van der Waals surface area contributed by atoms with Gasteiger partial charge in [0.1, 0.15) is 11.5 Å². The molecule has 0 radical (unpaired) electrons. The minimum Gasteiger partial charge on any atom is -0.491 e. The van der Waals surface area contributed by atoms with Crippen LogP contribution in [0.15, 0.2) is 72.8 Å². The predicted molar refractivity (Wildman–Crippen MR) is 104 cm³/mol. The second kappa shape index (κ2) is 8.20. The molecule has 0 heterocycles. The van der Waals surface area contributed by atoms with Crippen molar-refractivity contribution in [2.24, 2.45) is 0 Å². The Balaban J connectivity index is 1.67. The van der Waals surface area contributed by atoms with Crippen LogP contribution in [-0.2, 0) is 0 Å². The highest BCUT2D eigenvalue weighted by Gasteiger charge is 2.09. The first-order valence-corrected chi connectivity index (χ1v) is 8.64. The minimum absolute atomic E-state index is 0.0908. The zero-order valence-corrected chi connectivity index (χ0v) is 15.2. The highest BCUT2D eigenvalue weighted by molar-refractivity contribution is 5.91. The van der Waals surface area contributed by atoms with Crippen LogP contribution in [0.1, 0.15) is 29.8 Å². The summed E-state index contributed by atoms with van der Waals surface area (Å²) in [4.78, 5) is 12.3. The van der Waals surface area contributed by atoms with Gasteiger partial charge in [-0.1, -0.05) is 24.3 Å². The number of nitrogens with zero attached hydrogens (tertiary/aromatic N) is 1. The number of esters is 1. The van der Waals surface area contributed by atoms with Crippen LogP contribution < -0.4 is 9.47 Å². The second-order valence-corrected chi connectivity index (χ2v) is 6.29. The van der Waals surface area contributed by atoms with E-state index >= 15 is 0 Å². The smallest absolute Gasteiger partial charge is 0.343 e. The molecule has 3 aromatic rings. The van der Waals surface area contributed by atoms with E-state index in [0.29, 0.717) is 16.9 Å². The first-order chi connectivity index (χ1) is 13.0. The molecule has 0 amide bonds. The van der Waals surface area contributed by atoms with Crippen LogP contribution in [0.3, 0.4) is 0 Å². The van der Waals surface area contributed by atoms with E-state index in [1.54, 1.807) is 48.5 Å². The number of carbonyl (C=O) groups excluding carboxylic acids is 1. The standard InChI is InChI=1S/C23H19NO3/c1-16(2)26-21-11-13-22(14-12-21)27-23(25)20-9-7-19(8-10-20)18-5-3-17(15-24)4-6-18/h3-14,16H,1-2H3. The fourth-order valence-electron chi connectivity index (χ4n) is 2.56. The molecular formula is C23H19NO3. The van der Waals surface area contributed by atoms with Crippen LogP contribution in [0.2, 0.25) is 0 Å². The summed E-state index contributed by atoms with van der Waals surface area (Å²) >= 11 is 0. The third-order valence-electron chi connectivity index (χ3n) is 3.87. The Morgan fingerprint density at radius 2 is 1.33 bits per heavy atom. The Kier molecular flexibility index (Phi) is 5.53. The van der Waals surface area contributed by atoms with Crippen LogP contribution in [0, 0.1) is 11.3 Å². The number of benzene rings is 3. The Morgan fingerprint density at radius 3 is 1.85 bits per heavy atom. The number of ether oxygens (including phenoxy) is 2. The normalized spacial score (nSPS) is 10.3. The molecule has 4 nitrogen and oxygen atoms in total. The van der Waals surface area contributed by atoms with Crippen molar-refractivity contribution >= 4 is 5.97 Å². The van der Waals surface area contributed by atoms with E-state index in [2.05, 4.69) is 6.07 Å². The first kappa shape index (κ1) is 18.2. The highest BCUT2D eigenvalue weighted by Crippen LogP contribution is 2.22. The number of rotatable bonds is 5. The molecule has 4 heteroatoms. The van der Waals surface area contributed by atoms with Gasteiger partial charge in [-0.25, -0.2) is 4.79 Å². The quantitative estimate of drug-likeness (QED) is 0.463. The van der Waals surface area contributed by atoms with Gasteiger partial charge in [-0.3, -0.25) is 0 Å². The topological polar surface area (TPSA) is 59.3 Å². The summed E-state index contributed by atoms with van der Waals surface area (Å²) < 4.78 is 11.0. The van der Waals surface area contributed by atoms with Crippen molar-refractivity contribution in [2.45, 2.75) is 20.0 Å². The number of carbonyl (C=O) groups is 1. The fraction of sp³-hybridized carbons (Fsp3) is 0.130. The molecule has 3 aromatic carbocycles. The van der Waals surface area contributed by atoms with Gasteiger partial charge in [0.2, 0.25) is 0 Å². The monoisotopic (exact) mass is 357 g/mol. The summed E-state index contributed by atoms with van der Waals surface area (Å²) in [5, 5.41) is 8.86.